The average molecular weight is 194 g/mol. The Morgan fingerprint density at radius 3 is 2.86 bits per heavy atom. The summed E-state index contributed by atoms with van der Waals surface area (Å²) in [4.78, 5) is 14.1. The molecule has 0 aromatic carbocycles. The van der Waals surface area contributed by atoms with Gasteiger partial charge in [0.25, 0.3) is 0 Å². The van der Waals surface area contributed by atoms with E-state index in [1.165, 1.54) is 19.3 Å². The molecule has 1 aliphatic carbocycles. The number of amides is 1. The van der Waals surface area contributed by atoms with Crippen LogP contribution < -0.4 is 5.32 Å². The number of fused-ring (bicyclic) bond motifs is 1. The summed E-state index contributed by atoms with van der Waals surface area (Å²) in [5, 5.41) is 3.44. The maximum Gasteiger partial charge on any atom is 0.223 e. The summed E-state index contributed by atoms with van der Waals surface area (Å²) in [6.07, 6.45) is 5.58. The molecule has 14 heavy (non-hydrogen) atoms. The van der Waals surface area contributed by atoms with Crippen molar-refractivity contribution in [3.05, 3.63) is 0 Å². The molecule has 3 nitrogen and oxygen atoms in total. The number of nitrogens with zero attached hydrogens (tertiary/aromatic N) is 1. The van der Waals surface area contributed by atoms with E-state index in [-0.39, 0.29) is 0 Å². The van der Waals surface area contributed by atoms with Crippen LogP contribution >= 0.6 is 0 Å². The number of carbonyl (C=O) groups excluding carboxylic acids is 1. The van der Waals surface area contributed by atoms with Crippen molar-refractivity contribution in [1.82, 2.24) is 10.2 Å². The van der Waals surface area contributed by atoms with Gasteiger partial charge in [0.1, 0.15) is 0 Å². The minimum atomic E-state index is 0.427. The molecule has 78 valence electrons. The van der Waals surface area contributed by atoms with Crippen LogP contribution in [0.1, 0.15) is 32.1 Å². The van der Waals surface area contributed by atoms with Crippen molar-refractivity contribution in [3.8, 4) is 0 Å². The van der Waals surface area contributed by atoms with Gasteiger partial charge in [-0.15, -0.1) is 0 Å². The van der Waals surface area contributed by atoms with Crippen LogP contribution in [0.25, 0.3) is 0 Å². The highest BCUT2D eigenvalue weighted by Gasteiger charge is 2.43. The Morgan fingerprint density at radius 2 is 2.07 bits per heavy atom. The van der Waals surface area contributed by atoms with Crippen molar-refractivity contribution in [2.45, 2.75) is 44.2 Å². The molecule has 2 aliphatic heterocycles. The zero-order chi connectivity index (χ0) is 9.54. The highest BCUT2D eigenvalue weighted by molar-refractivity contribution is 5.78. The van der Waals surface area contributed by atoms with Crippen LogP contribution in [-0.2, 0) is 4.79 Å². The summed E-state index contributed by atoms with van der Waals surface area (Å²) in [6, 6.07) is 1.19. The summed E-state index contributed by atoms with van der Waals surface area (Å²) in [5.74, 6) is 1.16. The first-order valence-electron chi connectivity index (χ1n) is 5.88. The molecule has 0 aromatic rings. The summed E-state index contributed by atoms with van der Waals surface area (Å²) in [7, 11) is 0. The monoisotopic (exact) mass is 194 g/mol. The van der Waals surface area contributed by atoms with Crippen LogP contribution in [0.2, 0.25) is 0 Å². The van der Waals surface area contributed by atoms with E-state index in [0.717, 1.165) is 31.8 Å². The van der Waals surface area contributed by atoms with Crippen LogP contribution in [0.3, 0.4) is 0 Å². The zero-order valence-corrected chi connectivity index (χ0v) is 8.54. The largest absolute Gasteiger partial charge is 0.336 e. The lowest BCUT2D eigenvalue weighted by atomic mass is 9.84. The molecule has 1 N–H and O–H groups in total. The second-order valence-electron chi connectivity index (χ2n) is 4.89. The Labute approximate surface area is 84.8 Å². The van der Waals surface area contributed by atoms with Crippen molar-refractivity contribution in [2.75, 3.05) is 13.1 Å². The van der Waals surface area contributed by atoms with Crippen LogP contribution in [0.5, 0.6) is 0 Å². The Morgan fingerprint density at radius 1 is 1.21 bits per heavy atom. The van der Waals surface area contributed by atoms with Crippen LogP contribution in [0.4, 0.5) is 0 Å². The maximum atomic E-state index is 11.8. The van der Waals surface area contributed by atoms with Crippen molar-refractivity contribution < 1.29 is 4.79 Å². The molecular weight excluding hydrogens is 176 g/mol. The van der Waals surface area contributed by atoms with E-state index >= 15 is 0 Å². The lowest BCUT2D eigenvalue weighted by Crippen LogP contribution is -2.55. The smallest absolute Gasteiger partial charge is 0.223 e. The van der Waals surface area contributed by atoms with Crippen LogP contribution in [0, 0.1) is 5.92 Å². The minimum absolute atomic E-state index is 0.427. The van der Waals surface area contributed by atoms with Gasteiger partial charge in [-0.25, -0.2) is 0 Å². The number of rotatable bonds is 1. The highest BCUT2D eigenvalue weighted by Crippen LogP contribution is 2.37. The molecule has 0 radical (unpaired) electrons. The Kier molecular flexibility index (Phi) is 2.01. The summed E-state index contributed by atoms with van der Waals surface area (Å²) in [6.45, 7) is 2.22. The van der Waals surface area contributed by atoms with Crippen molar-refractivity contribution >= 4 is 5.91 Å². The molecule has 0 unspecified atom stereocenters. The topological polar surface area (TPSA) is 32.3 Å². The number of nitrogens with one attached hydrogen (secondary N) is 1. The molecule has 1 amide bonds. The van der Waals surface area contributed by atoms with Crippen molar-refractivity contribution in [2.24, 2.45) is 5.92 Å². The number of carbonyl (C=O) groups is 1. The molecule has 3 heteroatoms. The van der Waals surface area contributed by atoms with Gasteiger partial charge in [0.05, 0.1) is 0 Å². The first kappa shape index (κ1) is 8.72. The fourth-order valence-electron chi connectivity index (χ4n) is 3.02. The van der Waals surface area contributed by atoms with E-state index in [1.807, 2.05) is 0 Å². The molecule has 0 bridgehead atoms. The van der Waals surface area contributed by atoms with E-state index in [1.54, 1.807) is 0 Å². The van der Waals surface area contributed by atoms with Gasteiger partial charge in [0.15, 0.2) is 0 Å². The molecule has 2 atom stereocenters. The number of likely N-dealkylation sites (tertiary alicyclic amines) is 1. The fourth-order valence-corrected chi connectivity index (χ4v) is 3.02. The summed E-state index contributed by atoms with van der Waals surface area (Å²) in [5.41, 5.74) is 0. The second kappa shape index (κ2) is 3.23. The third-order valence-electron chi connectivity index (χ3n) is 3.88. The predicted octanol–water partition coefficient (Wildman–Crippen LogP) is 0.749. The molecule has 3 fully saturated rings. The molecule has 2 saturated heterocycles. The van der Waals surface area contributed by atoms with Crippen molar-refractivity contribution in [3.63, 3.8) is 0 Å². The minimum Gasteiger partial charge on any atom is -0.336 e. The number of hydrogen-bond donors (Lipinski definition) is 1. The van der Waals surface area contributed by atoms with Crippen LogP contribution in [0.15, 0.2) is 0 Å². The van der Waals surface area contributed by atoms with E-state index in [0.29, 0.717) is 18.0 Å². The lowest BCUT2D eigenvalue weighted by Gasteiger charge is -2.44. The maximum absolute atomic E-state index is 11.8. The second-order valence-corrected chi connectivity index (χ2v) is 4.89. The van der Waals surface area contributed by atoms with Gasteiger partial charge in [0.2, 0.25) is 5.91 Å². The molecule has 2 heterocycles. The first-order chi connectivity index (χ1) is 6.86. The third-order valence-corrected chi connectivity index (χ3v) is 3.88. The normalized spacial score (nSPS) is 38.3. The lowest BCUT2D eigenvalue weighted by molar-refractivity contribution is -0.140. The van der Waals surface area contributed by atoms with Gasteiger partial charge in [-0.2, -0.15) is 0 Å². The van der Waals surface area contributed by atoms with Crippen molar-refractivity contribution in [1.29, 1.82) is 0 Å². The third kappa shape index (κ3) is 1.34. The van der Waals surface area contributed by atoms with Gasteiger partial charge < -0.3 is 10.2 Å². The van der Waals surface area contributed by atoms with Gasteiger partial charge >= 0.3 is 0 Å². The first-order valence-corrected chi connectivity index (χ1v) is 5.88. The SMILES string of the molecule is O=C1CC[C@@H]2CNCC[C@@H]2N1C1CC1. The van der Waals surface area contributed by atoms with Gasteiger partial charge in [-0.05, 0) is 44.7 Å². The van der Waals surface area contributed by atoms with E-state index < -0.39 is 0 Å². The average Bonchev–Trinajstić information content (AvgIpc) is 3.01. The standard InChI is InChI=1S/C11H18N2O/c14-11-4-1-8-7-12-6-5-10(8)13(11)9-2-3-9/h8-10,12H,1-7H2/t8-,10+/m1/s1. The summed E-state index contributed by atoms with van der Waals surface area (Å²) >= 11 is 0. The van der Waals surface area contributed by atoms with Gasteiger partial charge in [0, 0.05) is 18.5 Å². The van der Waals surface area contributed by atoms with E-state index in [4.69, 9.17) is 0 Å². The quantitative estimate of drug-likeness (QED) is 0.668. The molecular formula is C11H18N2O. The van der Waals surface area contributed by atoms with Crippen LogP contribution in [-0.4, -0.2) is 36.0 Å². The Hall–Kier alpha value is -0.570. The Balaban J connectivity index is 1.79. The zero-order valence-electron chi connectivity index (χ0n) is 8.54. The van der Waals surface area contributed by atoms with Gasteiger partial charge in [-0.3, -0.25) is 4.79 Å². The van der Waals surface area contributed by atoms with Gasteiger partial charge in [-0.1, -0.05) is 0 Å². The molecule has 1 saturated carbocycles. The fraction of sp³-hybridized carbons (Fsp3) is 0.909. The number of piperidine rings is 2. The molecule has 3 aliphatic rings. The molecule has 0 aromatic heterocycles. The molecule has 3 rings (SSSR count). The van der Waals surface area contributed by atoms with E-state index in [2.05, 4.69) is 10.2 Å². The van der Waals surface area contributed by atoms with E-state index in [9.17, 15) is 4.79 Å². The molecule has 0 spiro atoms. The highest BCUT2D eigenvalue weighted by atomic mass is 16.2. The predicted molar refractivity (Wildman–Crippen MR) is 53.9 cm³/mol. The Bertz CT molecular complexity index is 250. The summed E-state index contributed by atoms with van der Waals surface area (Å²) < 4.78 is 0. The number of hydrogen-bond acceptors (Lipinski definition) is 2.